The molecule has 0 saturated carbocycles. The Morgan fingerprint density at radius 3 is 2.67 bits per heavy atom. The van der Waals surface area contributed by atoms with Crippen LogP contribution in [0.5, 0.6) is 17.8 Å². The lowest BCUT2D eigenvalue weighted by Crippen LogP contribution is -2.13. The lowest BCUT2D eigenvalue weighted by Gasteiger charge is -2.08. The van der Waals surface area contributed by atoms with Crippen molar-refractivity contribution in [1.29, 1.82) is 0 Å². The van der Waals surface area contributed by atoms with Crippen LogP contribution in [0.3, 0.4) is 0 Å². The lowest BCUT2D eigenvalue weighted by molar-refractivity contribution is 0.284. The van der Waals surface area contributed by atoms with Crippen molar-refractivity contribution in [1.82, 2.24) is 15.0 Å². The molecular formula is C12H13F2N5O2. The Kier molecular flexibility index (Phi) is 4.77. The summed E-state index contributed by atoms with van der Waals surface area (Å²) in [7, 11) is 0. The molecule has 0 saturated heterocycles. The van der Waals surface area contributed by atoms with Gasteiger partial charge in [-0.25, -0.2) is 14.6 Å². The second kappa shape index (κ2) is 6.75. The maximum Gasteiger partial charge on any atom is 0.330 e. The van der Waals surface area contributed by atoms with Gasteiger partial charge < -0.3 is 9.47 Å². The molecule has 1 aromatic heterocycles. The molecule has 21 heavy (non-hydrogen) atoms. The molecule has 0 fully saturated rings. The molecule has 1 aromatic carbocycles. The molecule has 0 amide bonds. The third-order valence-electron chi connectivity index (χ3n) is 2.25. The Balaban J connectivity index is 2.27. The molecule has 112 valence electrons. The number of nitrogens with one attached hydrogen (secondary N) is 1. The average molecular weight is 297 g/mol. The van der Waals surface area contributed by atoms with Gasteiger partial charge in [0, 0.05) is 6.07 Å². The summed E-state index contributed by atoms with van der Waals surface area (Å²) in [5, 5.41) is 0. The molecular weight excluding hydrogens is 284 g/mol. The monoisotopic (exact) mass is 297 g/mol. The summed E-state index contributed by atoms with van der Waals surface area (Å²) in [5.41, 5.74) is 2.21. The number of anilines is 1. The Bertz CT molecular complexity index is 627. The summed E-state index contributed by atoms with van der Waals surface area (Å²) < 4.78 is 36.9. The van der Waals surface area contributed by atoms with Crippen LogP contribution in [0.15, 0.2) is 18.2 Å². The second-order valence-electron chi connectivity index (χ2n) is 3.89. The van der Waals surface area contributed by atoms with Crippen LogP contribution in [-0.2, 0) is 0 Å². The zero-order valence-corrected chi connectivity index (χ0v) is 11.1. The first-order valence-corrected chi connectivity index (χ1v) is 6.10. The van der Waals surface area contributed by atoms with E-state index in [2.05, 4.69) is 20.4 Å². The summed E-state index contributed by atoms with van der Waals surface area (Å²) in [6.45, 7) is 2.28. The van der Waals surface area contributed by atoms with Crippen LogP contribution in [0, 0.1) is 11.6 Å². The first-order chi connectivity index (χ1) is 10.1. The number of halogens is 2. The van der Waals surface area contributed by atoms with Crippen LogP contribution in [0.1, 0.15) is 13.3 Å². The van der Waals surface area contributed by atoms with Crippen molar-refractivity contribution >= 4 is 5.95 Å². The first-order valence-electron chi connectivity index (χ1n) is 6.10. The van der Waals surface area contributed by atoms with Crippen LogP contribution in [0.2, 0.25) is 0 Å². The van der Waals surface area contributed by atoms with E-state index in [1.54, 1.807) is 0 Å². The number of ether oxygens (including phenoxy) is 2. The lowest BCUT2D eigenvalue weighted by atomic mass is 10.3. The molecule has 0 spiro atoms. The minimum absolute atomic E-state index is 0.0251. The highest BCUT2D eigenvalue weighted by atomic mass is 19.1. The zero-order chi connectivity index (χ0) is 15.2. The van der Waals surface area contributed by atoms with E-state index in [0.717, 1.165) is 24.6 Å². The normalized spacial score (nSPS) is 10.3. The molecule has 1 heterocycles. The van der Waals surface area contributed by atoms with Crippen molar-refractivity contribution in [3.8, 4) is 17.8 Å². The fourth-order valence-corrected chi connectivity index (χ4v) is 1.36. The molecule has 0 unspecified atom stereocenters. The Hall–Kier alpha value is -2.55. The third kappa shape index (κ3) is 3.96. The fraction of sp³-hybridized carbons (Fsp3) is 0.250. The quantitative estimate of drug-likeness (QED) is 0.622. The smallest absolute Gasteiger partial charge is 0.330 e. The number of rotatable bonds is 6. The van der Waals surface area contributed by atoms with Gasteiger partial charge in [-0.1, -0.05) is 6.92 Å². The number of hydrogen-bond donors (Lipinski definition) is 2. The summed E-state index contributed by atoms with van der Waals surface area (Å²) in [6, 6.07) is 2.47. The minimum Gasteiger partial charge on any atom is -0.463 e. The van der Waals surface area contributed by atoms with Crippen molar-refractivity contribution in [3.05, 3.63) is 29.8 Å². The number of nitrogens with two attached hydrogens (primary N) is 1. The van der Waals surface area contributed by atoms with Crippen molar-refractivity contribution in [2.24, 2.45) is 5.84 Å². The van der Waals surface area contributed by atoms with Gasteiger partial charge in [-0.15, -0.1) is 4.98 Å². The largest absolute Gasteiger partial charge is 0.463 e. The highest BCUT2D eigenvalue weighted by Gasteiger charge is 2.12. The van der Waals surface area contributed by atoms with Gasteiger partial charge in [0.05, 0.1) is 6.61 Å². The molecule has 0 aliphatic rings. The topological polar surface area (TPSA) is 95.2 Å². The Morgan fingerprint density at radius 2 is 1.95 bits per heavy atom. The van der Waals surface area contributed by atoms with Gasteiger partial charge in [0.25, 0.3) is 0 Å². The number of benzene rings is 1. The van der Waals surface area contributed by atoms with E-state index in [1.165, 1.54) is 0 Å². The predicted octanol–water partition coefficient (Wildman–Crippen LogP) is 2.02. The molecule has 2 rings (SSSR count). The zero-order valence-electron chi connectivity index (χ0n) is 11.1. The Labute approximate surface area is 119 Å². The van der Waals surface area contributed by atoms with Crippen LogP contribution < -0.4 is 20.7 Å². The van der Waals surface area contributed by atoms with Gasteiger partial charge in [0.15, 0.2) is 11.6 Å². The molecule has 0 aliphatic carbocycles. The van der Waals surface area contributed by atoms with Crippen LogP contribution in [0.4, 0.5) is 14.7 Å². The van der Waals surface area contributed by atoms with Crippen molar-refractivity contribution in [2.45, 2.75) is 13.3 Å². The Morgan fingerprint density at radius 1 is 1.19 bits per heavy atom. The van der Waals surface area contributed by atoms with Crippen molar-refractivity contribution < 1.29 is 18.3 Å². The van der Waals surface area contributed by atoms with E-state index in [-0.39, 0.29) is 23.7 Å². The van der Waals surface area contributed by atoms with E-state index in [1.807, 2.05) is 6.92 Å². The van der Waals surface area contributed by atoms with Crippen LogP contribution in [-0.4, -0.2) is 21.6 Å². The highest BCUT2D eigenvalue weighted by Crippen LogP contribution is 2.24. The van der Waals surface area contributed by atoms with Crippen molar-refractivity contribution in [2.75, 3.05) is 12.0 Å². The maximum absolute atomic E-state index is 13.5. The number of hydrogen-bond acceptors (Lipinski definition) is 7. The molecule has 7 nitrogen and oxygen atoms in total. The van der Waals surface area contributed by atoms with Gasteiger partial charge in [0.2, 0.25) is 5.95 Å². The van der Waals surface area contributed by atoms with E-state index in [0.29, 0.717) is 6.61 Å². The number of nitrogen functional groups attached to an aromatic ring is 1. The summed E-state index contributed by atoms with van der Waals surface area (Å²) >= 11 is 0. The van der Waals surface area contributed by atoms with Gasteiger partial charge >= 0.3 is 12.0 Å². The molecule has 3 N–H and O–H groups in total. The average Bonchev–Trinajstić information content (AvgIpc) is 2.48. The molecule has 0 atom stereocenters. The van der Waals surface area contributed by atoms with Crippen molar-refractivity contribution in [3.63, 3.8) is 0 Å². The van der Waals surface area contributed by atoms with E-state index in [4.69, 9.17) is 15.3 Å². The predicted molar refractivity (Wildman–Crippen MR) is 69.9 cm³/mol. The minimum atomic E-state index is -0.755. The second-order valence-corrected chi connectivity index (χ2v) is 3.89. The molecule has 0 aliphatic heterocycles. The van der Waals surface area contributed by atoms with E-state index in [9.17, 15) is 8.78 Å². The highest BCUT2D eigenvalue weighted by molar-refractivity contribution is 5.30. The number of aromatic nitrogens is 3. The van der Waals surface area contributed by atoms with Gasteiger partial charge in [-0.05, 0) is 18.6 Å². The van der Waals surface area contributed by atoms with E-state index < -0.39 is 11.6 Å². The van der Waals surface area contributed by atoms with Crippen LogP contribution >= 0.6 is 0 Å². The SMILES string of the molecule is CCCOc1nc(NN)nc(Oc2cc(F)ccc2F)n1. The van der Waals surface area contributed by atoms with Gasteiger partial charge in [-0.3, -0.25) is 5.43 Å². The summed E-state index contributed by atoms with van der Waals surface area (Å²) in [6.07, 6.45) is 0.742. The maximum atomic E-state index is 13.5. The fourth-order valence-electron chi connectivity index (χ4n) is 1.36. The van der Waals surface area contributed by atoms with E-state index >= 15 is 0 Å². The standard InChI is InChI=1S/C12H13F2N5O2/c1-2-5-20-11-16-10(19-15)17-12(18-11)21-9-6-7(13)3-4-8(9)14/h3-4,6H,2,5,15H2,1H3,(H,16,17,18,19). The molecule has 0 bridgehead atoms. The number of hydrazine groups is 1. The molecule has 0 radical (unpaired) electrons. The van der Waals surface area contributed by atoms with Gasteiger partial charge in [0.1, 0.15) is 5.82 Å². The summed E-state index contributed by atoms with van der Waals surface area (Å²) in [4.78, 5) is 11.5. The van der Waals surface area contributed by atoms with Crippen LogP contribution in [0.25, 0.3) is 0 Å². The molecule has 2 aromatic rings. The van der Waals surface area contributed by atoms with Gasteiger partial charge in [-0.2, -0.15) is 9.97 Å². The summed E-state index contributed by atoms with van der Waals surface area (Å²) in [5.74, 6) is 3.43. The number of nitrogens with zero attached hydrogens (tertiary/aromatic N) is 3. The third-order valence-corrected chi connectivity index (χ3v) is 2.25. The molecule has 9 heteroatoms. The first kappa shape index (κ1) is 14.9.